The van der Waals surface area contributed by atoms with E-state index < -0.39 is 0 Å². The van der Waals surface area contributed by atoms with Crippen molar-refractivity contribution in [1.29, 1.82) is 0 Å². The van der Waals surface area contributed by atoms with E-state index in [1.165, 1.54) is 3.57 Å². The molecule has 1 aliphatic rings. The number of halogens is 1. The third kappa shape index (κ3) is 4.37. The molecule has 3 aromatic rings. The minimum Gasteiger partial charge on any atom is -0.489 e. The van der Waals surface area contributed by atoms with Crippen LogP contribution in [-0.4, -0.2) is 12.5 Å². The molecule has 1 amide bonds. The van der Waals surface area contributed by atoms with Gasteiger partial charge in [-0.1, -0.05) is 49.4 Å². The van der Waals surface area contributed by atoms with Crippen molar-refractivity contribution in [2.45, 2.75) is 20.0 Å². The van der Waals surface area contributed by atoms with E-state index in [1.54, 1.807) is 0 Å². The number of carbonyl (C=O) groups is 1. The molecule has 4 rings (SSSR count). The Hall–Kier alpha value is -2.60. The molecule has 4 heteroatoms. The summed E-state index contributed by atoms with van der Waals surface area (Å²) in [5, 5.41) is 0. The molecule has 0 saturated heterocycles. The van der Waals surface area contributed by atoms with Crippen LogP contribution in [0, 0.1) is 3.57 Å². The zero-order chi connectivity index (χ0) is 20.2. The number of nitrogens with zero attached hydrogens (tertiary/aromatic N) is 1. The van der Waals surface area contributed by atoms with Crippen molar-refractivity contribution >= 4 is 45.8 Å². The Morgan fingerprint density at radius 1 is 0.966 bits per heavy atom. The lowest BCUT2D eigenvalue weighted by Crippen LogP contribution is -2.26. The SMILES string of the molecule is CCCN1C(=O)/C(=C\c2ccc(OCc3ccc(I)cc3)cc2)c2ccccc21. The smallest absolute Gasteiger partial charge is 0.258 e. The molecule has 0 N–H and O–H groups in total. The van der Waals surface area contributed by atoms with Crippen LogP contribution < -0.4 is 9.64 Å². The lowest BCUT2D eigenvalue weighted by Gasteiger charge is -2.15. The topological polar surface area (TPSA) is 29.5 Å². The molecule has 0 unspecified atom stereocenters. The second kappa shape index (κ2) is 8.82. The van der Waals surface area contributed by atoms with Gasteiger partial charge in [-0.05, 0) is 76.5 Å². The predicted octanol–water partition coefficient (Wildman–Crippen LogP) is 6.17. The van der Waals surface area contributed by atoms with Crippen molar-refractivity contribution in [2.24, 2.45) is 0 Å². The molecule has 3 nitrogen and oxygen atoms in total. The maximum Gasteiger partial charge on any atom is 0.258 e. The number of ether oxygens (including phenoxy) is 1. The average Bonchev–Trinajstić information content (AvgIpc) is 3.01. The molecule has 29 heavy (non-hydrogen) atoms. The Balaban J connectivity index is 1.51. The monoisotopic (exact) mass is 495 g/mol. The lowest BCUT2D eigenvalue weighted by atomic mass is 10.0. The fraction of sp³-hybridized carbons (Fsp3) is 0.160. The summed E-state index contributed by atoms with van der Waals surface area (Å²) in [5.74, 6) is 0.892. The van der Waals surface area contributed by atoms with E-state index in [0.29, 0.717) is 6.61 Å². The third-order valence-electron chi connectivity index (χ3n) is 4.92. The van der Waals surface area contributed by atoms with Crippen LogP contribution in [0.1, 0.15) is 30.0 Å². The van der Waals surface area contributed by atoms with E-state index >= 15 is 0 Å². The van der Waals surface area contributed by atoms with E-state index in [9.17, 15) is 4.79 Å². The highest BCUT2D eigenvalue weighted by Crippen LogP contribution is 2.37. The van der Waals surface area contributed by atoms with Gasteiger partial charge in [0.25, 0.3) is 5.91 Å². The molecular weight excluding hydrogens is 473 g/mol. The molecule has 0 spiro atoms. The quantitative estimate of drug-likeness (QED) is 0.303. The molecule has 0 fully saturated rings. The summed E-state index contributed by atoms with van der Waals surface area (Å²) >= 11 is 2.29. The molecule has 1 heterocycles. The predicted molar refractivity (Wildman–Crippen MR) is 127 cm³/mol. The molecule has 0 aromatic heterocycles. The summed E-state index contributed by atoms with van der Waals surface area (Å²) < 4.78 is 7.10. The summed E-state index contributed by atoms with van der Waals surface area (Å²) in [5.41, 5.74) is 4.89. The van der Waals surface area contributed by atoms with E-state index in [2.05, 4.69) is 53.8 Å². The van der Waals surface area contributed by atoms with Crippen LogP contribution >= 0.6 is 22.6 Å². The van der Waals surface area contributed by atoms with Crippen LogP contribution in [0.3, 0.4) is 0 Å². The molecule has 0 atom stereocenters. The van der Waals surface area contributed by atoms with Crippen LogP contribution in [0.4, 0.5) is 5.69 Å². The molecule has 1 aliphatic heterocycles. The van der Waals surface area contributed by atoms with Crippen molar-refractivity contribution in [3.63, 3.8) is 0 Å². The van der Waals surface area contributed by atoms with Crippen LogP contribution in [0.5, 0.6) is 5.75 Å². The molecule has 0 bridgehead atoms. The van der Waals surface area contributed by atoms with Crippen molar-refractivity contribution in [3.05, 3.63) is 93.1 Å². The van der Waals surface area contributed by atoms with Gasteiger partial charge in [0.1, 0.15) is 12.4 Å². The summed E-state index contributed by atoms with van der Waals surface area (Å²) in [6, 6.07) is 24.2. The van der Waals surface area contributed by atoms with Gasteiger partial charge in [-0.25, -0.2) is 0 Å². The highest BCUT2D eigenvalue weighted by Gasteiger charge is 2.31. The first-order valence-electron chi connectivity index (χ1n) is 9.76. The van der Waals surface area contributed by atoms with Crippen LogP contribution in [-0.2, 0) is 11.4 Å². The van der Waals surface area contributed by atoms with Crippen LogP contribution in [0.25, 0.3) is 11.6 Å². The summed E-state index contributed by atoms with van der Waals surface area (Å²) in [7, 11) is 0. The van der Waals surface area contributed by atoms with Gasteiger partial charge in [-0.2, -0.15) is 0 Å². The number of hydrogen-bond acceptors (Lipinski definition) is 2. The zero-order valence-electron chi connectivity index (χ0n) is 16.3. The number of hydrogen-bond donors (Lipinski definition) is 0. The third-order valence-corrected chi connectivity index (χ3v) is 5.64. The number of carbonyl (C=O) groups excluding carboxylic acids is 1. The standard InChI is InChI=1S/C25H22INO2/c1-2-15-27-24-6-4-3-5-22(24)23(25(27)28)16-18-9-13-21(14-10-18)29-17-19-7-11-20(26)12-8-19/h3-14,16H,2,15,17H2,1H3/b23-16-. The molecule has 146 valence electrons. The Bertz CT molecular complexity index is 1040. The van der Waals surface area contributed by atoms with Crippen molar-refractivity contribution < 1.29 is 9.53 Å². The summed E-state index contributed by atoms with van der Waals surface area (Å²) in [6.07, 6.45) is 2.90. The fourth-order valence-electron chi connectivity index (χ4n) is 3.47. The highest BCUT2D eigenvalue weighted by atomic mass is 127. The van der Waals surface area contributed by atoms with Crippen molar-refractivity contribution in [1.82, 2.24) is 0 Å². The van der Waals surface area contributed by atoms with E-state index in [-0.39, 0.29) is 5.91 Å². The lowest BCUT2D eigenvalue weighted by molar-refractivity contribution is -0.113. The van der Waals surface area contributed by atoms with Gasteiger partial charge in [-0.15, -0.1) is 0 Å². The van der Waals surface area contributed by atoms with E-state index in [1.807, 2.05) is 59.5 Å². The van der Waals surface area contributed by atoms with E-state index in [0.717, 1.165) is 46.7 Å². The van der Waals surface area contributed by atoms with Gasteiger partial charge >= 0.3 is 0 Å². The molecule has 3 aromatic carbocycles. The summed E-state index contributed by atoms with van der Waals surface area (Å²) in [4.78, 5) is 14.8. The largest absolute Gasteiger partial charge is 0.489 e. The highest BCUT2D eigenvalue weighted by molar-refractivity contribution is 14.1. The number of fused-ring (bicyclic) bond motifs is 1. The van der Waals surface area contributed by atoms with Crippen LogP contribution in [0.15, 0.2) is 72.8 Å². The Morgan fingerprint density at radius 2 is 1.69 bits per heavy atom. The number of rotatable bonds is 6. The van der Waals surface area contributed by atoms with Gasteiger partial charge < -0.3 is 9.64 Å². The average molecular weight is 495 g/mol. The van der Waals surface area contributed by atoms with Gasteiger partial charge in [-0.3, -0.25) is 4.79 Å². The van der Waals surface area contributed by atoms with Gasteiger partial charge in [0.2, 0.25) is 0 Å². The van der Waals surface area contributed by atoms with Crippen molar-refractivity contribution in [2.75, 3.05) is 11.4 Å². The fourth-order valence-corrected chi connectivity index (χ4v) is 3.83. The Morgan fingerprint density at radius 3 is 2.41 bits per heavy atom. The van der Waals surface area contributed by atoms with Gasteiger partial charge in [0, 0.05) is 21.3 Å². The number of amides is 1. The van der Waals surface area contributed by atoms with Gasteiger partial charge in [0.05, 0.1) is 5.69 Å². The molecule has 0 aliphatic carbocycles. The minimum atomic E-state index is 0.0760. The zero-order valence-corrected chi connectivity index (χ0v) is 18.4. The number of para-hydroxylation sites is 1. The summed E-state index contributed by atoms with van der Waals surface area (Å²) in [6.45, 7) is 3.36. The van der Waals surface area contributed by atoms with Crippen molar-refractivity contribution in [3.8, 4) is 5.75 Å². The maximum absolute atomic E-state index is 12.9. The first-order valence-corrected chi connectivity index (χ1v) is 10.8. The molecule has 0 radical (unpaired) electrons. The minimum absolute atomic E-state index is 0.0760. The van der Waals surface area contributed by atoms with E-state index in [4.69, 9.17) is 4.74 Å². The second-order valence-electron chi connectivity index (χ2n) is 7.02. The normalized spacial score (nSPS) is 14.3. The Labute approximate surface area is 185 Å². The molecular formula is C25H22INO2. The second-order valence-corrected chi connectivity index (χ2v) is 8.26. The number of anilines is 1. The molecule has 0 saturated carbocycles. The maximum atomic E-state index is 12.9. The van der Waals surface area contributed by atoms with Crippen LogP contribution in [0.2, 0.25) is 0 Å². The van der Waals surface area contributed by atoms with Gasteiger partial charge in [0.15, 0.2) is 0 Å². The number of benzene rings is 3. The Kier molecular flexibility index (Phi) is 6.00. The first kappa shape index (κ1) is 19.7. The first-order chi connectivity index (χ1) is 14.2.